The zero-order valence-electron chi connectivity index (χ0n) is 16.7. The summed E-state index contributed by atoms with van der Waals surface area (Å²) < 4.78 is 3.61. The third-order valence-corrected chi connectivity index (χ3v) is 5.37. The number of para-hydroxylation sites is 1. The molecule has 5 aromatic rings. The molecule has 2 heterocycles. The van der Waals surface area contributed by atoms with Gasteiger partial charge in [0.15, 0.2) is 10.5 Å². The molecule has 0 spiro atoms. The first-order valence-corrected chi connectivity index (χ1v) is 10.3. The monoisotopic (exact) mass is 439 g/mol. The van der Waals surface area contributed by atoms with Gasteiger partial charge in [-0.15, -0.1) is 0 Å². The van der Waals surface area contributed by atoms with E-state index in [2.05, 4.69) is 15.4 Å². The number of fused-ring (bicyclic) bond motifs is 1. The predicted molar refractivity (Wildman–Crippen MR) is 126 cm³/mol. The number of nitrogens with zero attached hydrogens (tertiary/aromatic N) is 3. The molecule has 2 aromatic heterocycles. The van der Waals surface area contributed by atoms with E-state index in [1.165, 1.54) is 4.68 Å². The van der Waals surface area contributed by atoms with Crippen LogP contribution < -0.4 is 10.9 Å². The van der Waals surface area contributed by atoms with Crippen LogP contribution in [0.3, 0.4) is 0 Å². The molecule has 0 atom stereocenters. The van der Waals surface area contributed by atoms with Crippen molar-refractivity contribution in [2.45, 2.75) is 0 Å². The maximum Gasteiger partial charge on any atom is 0.279 e. The number of hydrogen-bond donors (Lipinski definition) is 2. The van der Waals surface area contributed by atoms with E-state index in [9.17, 15) is 9.59 Å². The molecule has 5 rings (SSSR count). The summed E-state index contributed by atoms with van der Waals surface area (Å²) in [5.74, 6) is -0.416. The number of carbonyl (C=O) groups excluding carboxylic acids is 1. The Labute approximate surface area is 187 Å². The van der Waals surface area contributed by atoms with E-state index < -0.39 is 5.91 Å². The second-order valence-electron chi connectivity index (χ2n) is 7.09. The van der Waals surface area contributed by atoms with Crippen LogP contribution in [0.25, 0.3) is 22.1 Å². The zero-order valence-corrected chi connectivity index (χ0v) is 17.5. The van der Waals surface area contributed by atoms with Crippen molar-refractivity contribution in [3.8, 4) is 11.4 Å². The molecule has 0 aliphatic rings. The molecule has 0 aliphatic carbocycles. The smallest absolute Gasteiger partial charge is 0.279 e. The van der Waals surface area contributed by atoms with Crippen LogP contribution >= 0.6 is 12.2 Å². The number of aromatic nitrogens is 4. The molecule has 0 bridgehead atoms. The lowest BCUT2D eigenvalue weighted by Crippen LogP contribution is -2.26. The molecule has 156 valence electrons. The fourth-order valence-corrected chi connectivity index (χ4v) is 3.78. The molecule has 0 radical (unpaired) electrons. The Morgan fingerprint density at radius 1 is 0.906 bits per heavy atom. The molecule has 2 N–H and O–H groups in total. The molecular weight excluding hydrogens is 422 g/mol. The van der Waals surface area contributed by atoms with Gasteiger partial charge in [0.25, 0.3) is 11.5 Å². The molecule has 0 unspecified atom stereocenters. The number of carbonyl (C=O) groups is 1. The van der Waals surface area contributed by atoms with Crippen molar-refractivity contribution < 1.29 is 4.79 Å². The third-order valence-electron chi connectivity index (χ3n) is 5.05. The number of imidazole rings is 1. The van der Waals surface area contributed by atoms with Crippen molar-refractivity contribution in [3.63, 3.8) is 0 Å². The number of aromatic amines is 1. The van der Waals surface area contributed by atoms with Crippen LogP contribution in [0.15, 0.2) is 96.1 Å². The predicted octanol–water partition coefficient (Wildman–Crippen LogP) is 4.49. The summed E-state index contributed by atoms with van der Waals surface area (Å²) in [5, 5.41) is 8.23. The van der Waals surface area contributed by atoms with Crippen molar-refractivity contribution >= 4 is 34.6 Å². The highest BCUT2D eigenvalue weighted by atomic mass is 32.1. The molecule has 8 heteroatoms. The van der Waals surface area contributed by atoms with E-state index in [0.717, 1.165) is 5.69 Å². The van der Waals surface area contributed by atoms with Gasteiger partial charge in [0.1, 0.15) is 0 Å². The van der Waals surface area contributed by atoms with Crippen molar-refractivity contribution in [1.82, 2.24) is 19.3 Å². The van der Waals surface area contributed by atoms with Crippen LogP contribution in [0.2, 0.25) is 0 Å². The zero-order chi connectivity index (χ0) is 22.1. The van der Waals surface area contributed by atoms with Gasteiger partial charge in [-0.05, 0) is 48.6 Å². The Morgan fingerprint density at radius 2 is 1.62 bits per heavy atom. The van der Waals surface area contributed by atoms with E-state index >= 15 is 0 Å². The van der Waals surface area contributed by atoms with Crippen LogP contribution in [-0.2, 0) is 0 Å². The Morgan fingerprint density at radius 3 is 2.38 bits per heavy atom. The van der Waals surface area contributed by atoms with E-state index in [0.29, 0.717) is 26.9 Å². The Kier molecular flexibility index (Phi) is 4.97. The third kappa shape index (κ3) is 3.52. The lowest BCUT2D eigenvalue weighted by Gasteiger charge is -2.12. The largest absolute Gasteiger partial charge is 0.337 e. The van der Waals surface area contributed by atoms with Gasteiger partial charge < -0.3 is 10.3 Å². The second-order valence-corrected chi connectivity index (χ2v) is 7.47. The number of nitrogens with one attached hydrogen (secondary N) is 2. The van der Waals surface area contributed by atoms with Crippen molar-refractivity contribution in [2.24, 2.45) is 0 Å². The summed E-state index contributed by atoms with van der Waals surface area (Å²) in [5.41, 5.74) is 1.85. The van der Waals surface area contributed by atoms with Crippen molar-refractivity contribution in [3.05, 3.63) is 112 Å². The number of H-pyrrole nitrogens is 1. The van der Waals surface area contributed by atoms with E-state index in [-0.39, 0.29) is 11.3 Å². The van der Waals surface area contributed by atoms with Gasteiger partial charge in [0, 0.05) is 29.2 Å². The lowest BCUT2D eigenvalue weighted by molar-refractivity contribution is 0.102. The number of anilines is 1. The average molecular weight is 440 g/mol. The van der Waals surface area contributed by atoms with Gasteiger partial charge in [-0.3, -0.25) is 14.2 Å². The maximum absolute atomic E-state index is 13.3. The molecule has 0 aliphatic heterocycles. The average Bonchev–Trinajstić information content (AvgIpc) is 3.26. The minimum absolute atomic E-state index is 0.160. The SMILES string of the molecule is O=C(Nc1cccc(-n2cc[nH]c2=S)c1)c1nn(-c2ccccc2)c(=O)c2ccccc12. The summed E-state index contributed by atoms with van der Waals surface area (Å²) in [4.78, 5) is 29.2. The summed E-state index contributed by atoms with van der Waals surface area (Å²) in [6.45, 7) is 0. The van der Waals surface area contributed by atoms with E-state index in [1.807, 2.05) is 42.6 Å². The first kappa shape index (κ1) is 19.7. The molecular formula is C24H17N5O2S. The minimum atomic E-state index is -0.416. The first-order valence-electron chi connectivity index (χ1n) is 9.87. The van der Waals surface area contributed by atoms with Gasteiger partial charge in [-0.2, -0.15) is 9.78 Å². The summed E-state index contributed by atoms with van der Waals surface area (Å²) in [6, 6.07) is 23.3. The van der Waals surface area contributed by atoms with Crippen molar-refractivity contribution in [1.29, 1.82) is 0 Å². The van der Waals surface area contributed by atoms with Gasteiger partial charge in [0.2, 0.25) is 0 Å². The Balaban J connectivity index is 1.59. The minimum Gasteiger partial charge on any atom is -0.337 e. The quantitative estimate of drug-likeness (QED) is 0.404. The van der Waals surface area contributed by atoms with Gasteiger partial charge >= 0.3 is 0 Å². The lowest BCUT2D eigenvalue weighted by atomic mass is 10.1. The number of hydrogen-bond acceptors (Lipinski definition) is 4. The highest BCUT2D eigenvalue weighted by Crippen LogP contribution is 2.19. The molecule has 0 saturated heterocycles. The molecule has 32 heavy (non-hydrogen) atoms. The highest BCUT2D eigenvalue weighted by molar-refractivity contribution is 7.71. The van der Waals surface area contributed by atoms with Crippen molar-refractivity contribution in [2.75, 3.05) is 5.32 Å². The van der Waals surface area contributed by atoms with Gasteiger partial charge in [-0.25, -0.2) is 0 Å². The van der Waals surface area contributed by atoms with Gasteiger partial charge in [-0.1, -0.05) is 42.5 Å². The standard InChI is InChI=1S/C24H17N5O2S/c30-22(26-16-7-6-10-18(15-16)28-14-13-25-24(28)32)21-19-11-4-5-12-20(19)23(31)29(27-21)17-8-2-1-3-9-17/h1-15H,(H,25,32)(H,26,30). The Bertz CT molecular complexity index is 1570. The maximum atomic E-state index is 13.3. The van der Waals surface area contributed by atoms with Crippen LogP contribution in [0.4, 0.5) is 5.69 Å². The topological polar surface area (TPSA) is 84.7 Å². The Hall–Kier alpha value is -4.30. The molecule has 3 aromatic carbocycles. The molecule has 0 saturated carbocycles. The van der Waals surface area contributed by atoms with Crippen LogP contribution in [0.5, 0.6) is 0 Å². The highest BCUT2D eigenvalue weighted by Gasteiger charge is 2.18. The fraction of sp³-hybridized carbons (Fsp3) is 0. The first-order chi connectivity index (χ1) is 15.6. The van der Waals surface area contributed by atoms with E-state index in [4.69, 9.17) is 12.2 Å². The second kappa shape index (κ2) is 8.09. The number of amides is 1. The van der Waals surface area contributed by atoms with E-state index in [1.54, 1.807) is 53.2 Å². The molecule has 7 nitrogen and oxygen atoms in total. The summed E-state index contributed by atoms with van der Waals surface area (Å²) >= 11 is 5.28. The van der Waals surface area contributed by atoms with Crippen LogP contribution in [-0.4, -0.2) is 25.2 Å². The summed E-state index contributed by atoms with van der Waals surface area (Å²) in [7, 11) is 0. The molecule has 1 amide bonds. The fourth-order valence-electron chi connectivity index (χ4n) is 3.55. The van der Waals surface area contributed by atoms with Gasteiger partial charge in [0.05, 0.1) is 11.1 Å². The molecule has 0 fully saturated rings. The normalized spacial score (nSPS) is 10.9. The van der Waals surface area contributed by atoms with Crippen LogP contribution in [0.1, 0.15) is 10.5 Å². The summed E-state index contributed by atoms with van der Waals surface area (Å²) in [6.07, 6.45) is 3.56. The van der Waals surface area contributed by atoms with Crippen LogP contribution in [0, 0.1) is 4.77 Å². The number of benzene rings is 3. The number of rotatable bonds is 4.